The predicted molar refractivity (Wildman–Crippen MR) is 45.1 cm³/mol. The van der Waals surface area contributed by atoms with Crippen LogP contribution in [0.1, 0.15) is 19.1 Å². The van der Waals surface area contributed by atoms with E-state index < -0.39 is 5.97 Å². The smallest absolute Gasteiger partial charge is 0.304 e. The van der Waals surface area contributed by atoms with Crippen LogP contribution in [0.15, 0.2) is 16.8 Å². The van der Waals surface area contributed by atoms with Gasteiger partial charge >= 0.3 is 5.97 Å². The van der Waals surface area contributed by atoms with Crippen LogP contribution in [-0.2, 0) is 11.3 Å². The lowest BCUT2D eigenvalue weighted by molar-refractivity contribution is -0.137. The first-order valence-corrected chi connectivity index (χ1v) is 4.03. The molecule has 0 aromatic carbocycles. The zero-order valence-corrected chi connectivity index (χ0v) is 7.36. The quantitative estimate of drug-likeness (QED) is 0.701. The minimum atomic E-state index is -0.808. The Morgan fingerprint density at radius 1 is 1.85 bits per heavy atom. The third-order valence-electron chi connectivity index (χ3n) is 1.60. The Morgan fingerprint density at radius 2 is 2.62 bits per heavy atom. The van der Waals surface area contributed by atoms with E-state index in [0.717, 1.165) is 0 Å². The summed E-state index contributed by atoms with van der Waals surface area (Å²) in [6.45, 7) is 2.32. The molecule has 13 heavy (non-hydrogen) atoms. The summed E-state index contributed by atoms with van der Waals surface area (Å²) in [7, 11) is 0. The molecular weight excluding hydrogens is 172 g/mol. The van der Waals surface area contributed by atoms with E-state index in [1.54, 1.807) is 12.3 Å². The molecule has 0 fully saturated rings. The molecule has 0 bridgehead atoms. The number of carbonyl (C=O) groups is 1. The zero-order chi connectivity index (χ0) is 9.68. The van der Waals surface area contributed by atoms with Gasteiger partial charge in [0, 0.05) is 12.1 Å². The van der Waals surface area contributed by atoms with E-state index in [-0.39, 0.29) is 12.5 Å². The van der Waals surface area contributed by atoms with Crippen molar-refractivity contribution in [2.75, 3.05) is 0 Å². The average molecular weight is 184 g/mol. The molecule has 1 aromatic rings. The van der Waals surface area contributed by atoms with Crippen molar-refractivity contribution >= 4 is 5.97 Å². The molecule has 5 nitrogen and oxygen atoms in total. The van der Waals surface area contributed by atoms with Gasteiger partial charge in [-0.15, -0.1) is 0 Å². The fourth-order valence-electron chi connectivity index (χ4n) is 0.942. The van der Waals surface area contributed by atoms with Crippen LogP contribution in [0, 0.1) is 0 Å². The highest BCUT2D eigenvalue weighted by molar-refractivity contribution is 5.67. The summed E-state index contributed by atoms with van der Waals surface area (Å²) in [6, 6.07) is 1.67. The highest BCUT2D eigenvalue weighted by Crippen LogP contribution is 1.97. The van der Waals surface area contributed by atoms with E-state index in [0.29, 0.717) is 12.3 Å². The number of carboxylic acids is 1. The molecule has 0 spiro atoms. The standard InChI is InChI=1S/C8H12N2O3/c1-6(4-8(11)12)9-5-7-2-3-10-13-7/h2-3,6,9H,4-5H2,1H3,(H,11,12). The van der Waals surface area contributed by atoms with E-state index in [1.807, 2.05) is 6.92 Å². The first-order valence-electron chi connectivity index (χ1n) is 4.03. The molecule has 0 aliphatic heterocycles. The molecule has 1 unspecified atom stereocenters. The maximum atomic E-state index is 10.3. The summed E-state index contributed by atoms with van der Waals surface area (Å²) in [5.74, 6) is -0.102. The predicted octanol–water partition coefficient (Wildman–Crippen LogP) is 0.627. The van der Waals surface area contributed by atoms with Gasteiger partial charge in [0.15, 0.2) is 0 Å². The van der Waals surface area contributed by atoms with E-state index in [2.05, 4.69) is 10.5 Å². The minimum absolute atomic E-state index is 0.0670. The molecule has 2 N–H and O–H groups in total. The second kappa shape index (κ2) is 4.61. The van der Waals surface area contributed by atoms with Gasteiger partial charge < -0.3 is 14.9 Å². The van der Waals surface area contributed by atoms with E-state index in [4.69, 9.17) is 9.63 Å². The van der Waals surface area contributed by atoms with Crippen LogP contribution >= 0.6 is 0 Å². The first kappa shape index (κ1) is 9.73. The number of nitrogens with zero attached hydrogens (tertiary/aromatic N) is 1. The Morgan fingerprint density at radius 3 is 3.15 bits per heavy atom. The second-order valence-corrected chi connectivity index (χ2v) is 2.86. The lowest BCUT2D eigenvalue weighted by Gasteiger charge is -2.08. The molecule has 0 aliphatic carbocycles. The van der Waals surface area contributed by atoms with Crippen molar-refractivity contribution in [3.8, 4) is 0 Å². The lowest BCUT2D eigenvalue weighted by atomic mass is 10.2. The molecule has 1 heterocycles. The van der Waals surface area contributed by atoms with Gasteiger partial charge in [-0.2, -0.15) is 0 Å². The highest BCUT2D eigenvalue weighted by Gasteiger charge is 2.07. The number of hydrogen-bond acceptors (Lipinski definition) is 4. The second-order valence-electron chi connectivity index (χ2n) is 2.86. The van der Waals surface area contributed by atoms with Crippen molar-refractivity contribution in [3.63, 3.8) is 0 Å². The van der Waals surface area contributed by atoms with Crippen LogP contribution in [0.25, 0.3) is 0 Å². The minimum Gasteiger partial charge on any atom is -0.481 e. The van der Waals surface area contributed by atoms with Crippen LogP contribution in [-0.4, -0.2) is 22.3 Å². The van der Waals surface area contributed by atoms with Crippen molar-refractivity contribution < 1.29 is 14.4 Å². The molecule has 1 rings (SSSR count). The lowest BCUT2D eigenvalue weighted by Crippen LogP contribution is -2.27. The van der Waals surface area contributed by atoms with Crippen molar-refractivity contribution in [3.05, 3.63) is 18.0 Å². The number of rotatable bonds is 5. The van der Waals surface area contributed by atoms with Crippen molar-refractivity contribution in [1.29, 1.82) is 0 Å². The van der Waals surface area contributed by atoms with Gasteiger partial charge in [0.2, 0.25) is 0 Å². The Hall–Kier alpha value is -1.36. The molecular formula is C8H12N2O3. The van der Waals surface area contributed by atoms with Crippen molar-refractivity contribution in [2.24, 2.45) is 0 Å². The maximum Gasteiger partial charge on any atom is 0.304 e. The molecule has 1 aromatic heterocycles. The molecule has 5 heteroatoms. The number of aliphatic carboxylic acids is 1. The molecule has 1 atom stereocenters. The number of hydrogen-bond donors (Lipinski definition) is 2. The van der Waals surface area contributed by atoms with Crippen LogP contribution in [0.5, 0.6) is 0 Å². The number of carboxylic acid groups (broad SMARTS) is 1. The normalized spacial score (nSPS) is 12.7. The molecule has 72 valence electrons. The van der Waals surface area contributed by atoms with Gasteiger partial charge in [-0.25, -0.2) is 0 Å². The Balaban J connectivity index is 2.22. The SMILES string of the molecule is CC(CC(=O)O)NCc1ccno1. The van der Waals surface area contributed by atoms with Crippen molar-refractivity contribution in [1.82, 2.24) is 10.5 Å². The van der Waals surface area contributed by atoms with Crippen LogP contribution < -0.4 is 5.32 Å². The van der Waals surface area contributed by atoms with Gasteiger partial charge in [-0.1, -0.05) is 5.16 Å². The van der Waals surface area contributed by atoms with Gasteiger partial charge in [0.05, 0.1) is 19.2 Å². The van der Waals surface area contributed by atoms with Crippen LogP contribution in [0.2, 0.25) is 0 Å². The molecule has 0 aliphatic rings. The highest BCUT2D eigenvalue weighted by atomic mass is 16.5. The van der Waals surface area contributed by atoms with Gasteiger partial charge in [0.25, 0.3) is 0 Å². The van der Waals surface area contributed by atoms with Gasteiger partial charge in [-0.05, 0) is 6.92 Å². The summed E-state index contributed by atoms with van der Waals surface area (Å²) in [5.41, 5.74) is 0. The molecule has 0 radical (unpaired) electrons. The van der Waals surface area contributed by atoms with E-state index in [9.17, 15) is 4.79 Å². The fraction of sp³-hybridized carbons (Fsp3) is 0.500. The third kappa shape index (κ3) is 3.71. The summed E-state index contributed by atoms with van der Waals surface area (Å²) in [5, 5.41) is 15.0. The molecule has 0 amide bonds. The maximum absolute atomic E-state index is 10.3. The average Bonchev–Trinajstić information content (AvgIpc) is 2.51. The Kier molecular flexibility index (Phi) is 3.45. The van der Waals surface area contributed by atoms with Crippen LogP contribution in [0.3, 0.4) is 0 Å². The first-order chi connectivity index (χ1) is 6.18. The Bertz CT molecular complexity index is 258. The van der Waals surface area contributed by atoms with E-state index in [1.165, 1.54) is 0 Å². The van der Waals surface area contributed by atoms with E-state index >= 15 is 0 Å². The fourth-order valence-corrected chi connectivity index (χ4v) is 0.942. The largest absolute Gasteiger partial charge is 0.481 e. The van der Waals surface area contributed by atoms with Crippen molar-refractivity contribution in [2.45, 2.75) is 25.9 Å². The van der Waals surface area contributed by atoms with Gasteiger partial charge in [0.1, 0.15) is 5.76 Å². The Labute approximate surface area is 75.7 Å². The van der Waals surface area contributed by atoms with Gasteiger partial charge in [-0.3, -0.25) is 4.79 Å². The van der Waals surface area contributed by atoms with Crippen LogP contribution in [0.4, 0.5) is 0 Å². The molecule has 0 saturated heterocycles. The third-order valence-corrected chi connectivity index (χ3v) is 1.60. The number of nitrogens with one attached hydrogen (secondary N) is 1. The summed E-state index contributed by atoms with van der Waals surface area (Å²) in [4.78, 5) is 10.3. The zero-order valence-electron chi connectivity index (χ0n) is 7.36. The molecule has 0 saturated carbocycles. The summed E-state index contributed by atoms with van der Waals surface area (Å²) < 4.78 is 4.83. The number of aromatic nitrogens is 1. The monoisotopic (exact) mass is 184 g/mol. The summed E-state index contributed by atoms with van der Waals surface area (Å²) >= 11 is 0. The topological polar surface area (TPSA) is 75.4 Å². The summed E-state index contributed by atoms with van der Waals surface area (Å²) in [6.07, 6.45) is 1.66.